The van der Waals surface area contributed by atoms with Crippen LogP contribution in [0, 0.1) is 0 Å². The van der Waals surface area contributed by atoms with Gasteiger partial charge in [0.25, 0.3) is 0 Å². The first-order valence-corrected chi connectivity index (χ1v) is 10.8. The summed E-state index contributed by atoms with van der Waals surface area (Å²) in [6.45, 7) is 0. The van der Waals surface area contributed by atoms with E-state index < -0.39 is 32.6 Å². The molecule has 0 radical (unpaired) electrons. The maximum absolute atomic E-state index is 13.9. The Morgan fingerprint density at radius 1 is 1.17 bits per heavy atom. The monoisotopic (exact) mass is 459 g/mol. The number of nitrogens with two attached hydrogens (primary N) is 2. The van der Waals surface area contributed by atoms with Crippen molar-refractivity contribution in [2.24, 2.45) is 16.5 Å². The van der Waals surface area contributed by atoms with Gasteiger partial charge in [0.1, 0.15) is 0 Å². The Bertz CT molecular complexity index is 1150. The van der Waals surface area contributed by atoms with E-state index in [1.807, 2.05) is 0 Å². The Morgan fingerprint density at radius 3 is 2.30 bits per heavy atom. The van der Waals surface area contributed by atoms with Crippen LogP contribution in [0.5, 0.6) is 0 Å². The van der Waals surface area contributed by atoms with Gasteiger partial charge in [0.15, 0.2) is 9.84 Å². The Kier molecular flexibility index (Phi) is 4.77. The standard InChI is InChI=1S/C18H17ClF3N5O2S/c19-14-8-10(18(24)25-16(23)26-27-18)7-13(17(20,21)22)15(14)9-1-3-11(4-2-9)30(28,29)12-5-6-12/h1-4,7-8,12,27H,5-6,24H2,(H3,23,25,26). The molecule has 1 atom stereocenters. The van der Waals surface area contributed by atoms with Crippen LogP contribution >= 0.6 is 11.6 Å². The second-order valence-electron chi connectivity index (χ2n) is 7.16. The van der Waals surface area contributed by atoms with Crippen LogP contribution in [0.2, 0.25) is 5.02 Å². The van der Waals surface area contributed by atoms with E-state index in [0.29, 0.717) is 12.8 Å². The fourth-order valence-corrected chi connectivity index (χ4v) is 5.25. The molecule has 1 aliphatic heterocycles. The number of hydrogen-bond acceptors (Lipinski definition) is 7. The van der Waals surface area contributed by atoms with Gasteiger partial charge in [-0.25, -0.2) is 13.4 Å². The maximum Gasteiger partial charge on any atom is 0.417 e. The normalized spacial score (nSPS) is 22.0. The molecule has 1 unspecified atom stereocenters. The predicted molar refractivity (Wildman–Crippen MR) is 106 cm³/mol. The van der Waals surface area contributed by atoms with E-state index in [-0.39, 0.29) is 32.6 Å². The second kappa shape index (κ2) is 6.84. The van der Waals surface area contributed by atoms with Crippen molar-refractivity contribution in [3.63, 3.8) is 0 Å². The number of guanidine groups is 1. The third-order valence-corrected chi connectivity index (χ3v) is 7.52. The average molecular weight is 460 g/mol. The van der Waals surface area contributed by atoms with Crippen molar-refractivity contribution in [3.8, 4) is 11.1 Å². The summed E-state index contributed by atoms with van der Waals surface area (Å²) < 4.78 is 66.3. The van der Waals surface area contributed by atoms with Crippen molar-refractivity contribution in [2.45, 2.75) is 35.0 Å². The lowest BCUT2D eigenvalue weighted by Gasteiger charge is -2.24. The summed E-state index contributed by atoms with van der Waals surface area (Å²) in [5.41, 5.74) is 15.2. The minimum Gasteiger partial charge on any atom is -0.369 e. The maximum atomic E-state index is 13.9. The van der Waals surface area contributed by atoms with Crippen molar-refractivity contribution < 1.29 is 21.6 Å². The van der Waals surface area contributed by atoms with Gasteiger partial charge in [0.2, 0.25) is 11.7 Å². The molecule has 2 aromatic rings. The van der Waals surface area contributed by atoms with Gasteiger partial charge in [-0.2, -0.15) is 18.6 Å². The molecule has 0 spiro atoms. The number of nitrogens with zero attached hydrogens (tertiary/aromatic N) is 1. The van der Waals surface area contributed by atoms with Crippen molar-refractivity contribution in [1.82, 2.24) is 10.9 Å². The highest BCUT2D eigenvalue weighted by Gasteiger charge is 2.40. The minimum atomic E-state index is -4.76. The van der Waals surface area contributed by atoms with Gasteiger partial charge in [-0.15, -0.1) is 0 Å². The fourth-order valence-electron chi connectivity index (χ4n) is 3.27. The summed E-state index contributed by atoms with van der Waals surface area (Å²) >= 11 is 6.24. The lowest BCUT2D eigenvalue weighted by atomic mass is 9.95. The molecule has 4 rings (SSSR count). The molecule has 1 saturated carbocycles. The summed E-state index contributed by atoms with van der Waals surface area (Å²) in [6.07, 6.45) is -3.58. The second-order valence-corrected chi connectivity index (χ2v) is 9.80. The zero-order valence-corrected chi connectivity index (χ0v) is 16.9. The van der Waals surface area contributed by atoms with E-state index in [1.165, 1.54) is 30.3 Å². The molecule has 1 aliphatic carbocycles. The number of benzene rings is 2. The van der Waals surface area contributed by atoms with Gasteiger partial charge in [-0.3, -0.25) is 11.2 Å². The molecule has 2 aliphatic rings. The van der Waals surface area contributed by atoms with Crippen LogP contribution in [0.3, 0.4) is 0 Å². The van der Waals surface area contributed by atoms with Crippen LogP contribution in [0.15, 0.2) is 46.3 Å². The summed E-state index contributed by atoms with van der Waals surface area (Å²) in [7, 11) is -3.46. The lowest BCUT2D eigenvalue weighted by molar-refractivity contribution is -0.137. The number of halogens is 4. The highest BCUT2D eigenvalue weighted by molar-refractivity contribution is 7.92. The Morgan fingerprint density at radius 2 is 1.80 bits per heavy atom. The van der Waals surface area contributed by atoms with Gasteiger partial charge < -0.3 is 5.73 Å². The minimum absolute atomic E-state index is 0.0514. The number of hydrogen-bond donors (Lipinski definition) is 4. The molecular formula is C18H17ClF3N5O2S. The number of aliphatic imine (C=N–C) groups is 1. The summed E-state index contributed by atoms with van der Waals surface area (Å²) in [5.74, 6) is -1.81. The lowest BCUT2D eigenvalue weighted by Crippen LogP contribution is -2.50. The Balaban J connectivity index is 1.82. The van der Waals surface area contributed by atoms with Gasteiger partial charge in [-0.05, 0) is 42.7 Å². The molecule has 0 amide bonds. The first-order valence-electron chi connectivity index (χ1n) is 8.85. The largest absolute Gasteiger partial charge is 0.417 e. The van der Waals surface area contributed by atoms with E-state index in [9.17, 15) is 21.6 Å². The molecule has 0 saturated heterocycles. The number of alkyl halides is 3. The number of rotatable bonds is 4. The van der Waals surface area contributed by atoms with Crippen LogP contribution < -0.4 is 22.3 Å². The summed E-state index contributed by atoms with van der Waals surface area (Å²) in [4.78, 5) is 3.95. The van der Waals surface area contributed by atoms with Crippen molar-refractivity contribution in [3.05, 3.63) is 52.5 Å². The molecule has 1 heterocycles. The highest BCUT2D eigenvalue weighted by atomic mass is 35.5. The molecule has 160 valence electrons. The zero-order chi connectivity index (χ0) is 21.9. The molecular weight excluding hydrogens is 443 g/mol. The Hall–Kier alpha value is -2.34. The fraction of sp³-hybridized carbons (Fsp3) is 0.278. The van der Waals surface area contributed by atoms with Gasteiger partial charge in [-0.1, -0.05) is 23.7 Å². The molecule has 0 bridgehead atoms. The molecule has 1 fully saturated rings. The van der Waals surface area contributed by atoms with Crippen LogP contribution in [-0.2, 0) is 21.8 Å². The quantitative estimate of drug-likeness (QED) is 0.557. The van der Waals surface area contributed by atoms with Gasteiger partial charge in [0, 0.05) is 16.1 Å². The number of sulfone groups is 1. The SMILES string of the molecule is NC1=NC(N)(c2cc(Cl)c(-c3ccc(S(=O)(=O)C4CC4)cc3)c(C(F)(F)F)c2)NN1. The van der Waals surface area contributed by atoms with Crippen LogP contribution in [0.1, 0.15) is 24.0 Å². The van der Waals surface area contributed by atoms with Crippen molar-refractivity contribution in [1.29, 1.82) is 0 Å². The van der Waals surface area contributed by atoms with E-state index in [0.717, 1.165) is 6.07 Å². The molecule has 6 N–H and O–H groups in total. The predicted octanol–water partition coefficient (Wildman–Crippen LogP) is 2.45. The molecule has 2 aromatic carbocycles. The highest BCUT2D eigenvalue weighted by Crippen LogP contribution is 2.43. The molecule has 30 heavy (non-hydrogen) atoms. The molecule has 7 nitrogen and oxygen atoms in total. The Labute approximate surface area is 175 Å². The van der Waals surface area contributed by atoms with Crippen LogP contribution in [-0.4, -0.2) is 19.6 Å². The number of hydrazine groups is 1. The molecule has 0 aromatic heterocycles. The van der Waals surface area contributed by atoms with Gasteiger partial charge in [0.05, 0.1) is 15.7 Å². The third-order valence-electron chi connectivity index (χ3n) is 4.95. The van der Waals surface area contributed by atoms with E-state index in [1.54, 1.807) is 0 Å². The first kappa shape index (κ1) is 20.9. The third kappa shape index (κ3) is 3.62. The smallest absolute Gasteiger partial charge is 0.369 e. The van der Waals surface area contributed by atoms with E-state index in [2.05, 4.69) is 15.8 Å². The van der Waals surface area contributed by atoms with E-state index in [4.69, 9.17) is 23.1 Å². The van der Waals surface area contributed by atoms with Crippen LogP contribution in [0.4, 0.5) is 13.2 Å². The molecule has 12 heteroatoms. The van der Waals surface area contributed by atoms with Crippen molar-refractivity contribution in [2.75, 3.05) is 0 Å². The topological polar surface area (TPSA) is 123 Å². The van der Waals surface area contributed by atoms with E-state index >= 15 is 0 Å². The zero-order valence-electron chi connectivity index (χ0n) is 15.3. The van der Waals surface area contributed by atoms with Crippen molar-refractivity contribution >= 4 is 27.4 Å². The summed E-state index contributed by atoms with van der Waals surface area (Å²) in [5, 5.41) is -0.636. The first-order chi connectivity index (χ1) is 13.9. The van der Waals surface area contributed by atoms with Gasteiger partial charge >= 0.3 is 6.18 Å². The average Bonchev–Trinajstić information content (AvgIpc) is 3.46. The number of nitrogens with one attached hydrogen (secondary N) is 2. The summed E-state index contributed by atoms with van der Waals surface area (Å²) in [6, 6.07) is 7.32. The van der Waals surface area contributed by atoms with Crippen LogP contribution in [0.25, 0.3) is 11.1 Å².